The SMILES string of the molecule is C/C1=C/[C@@H](O)[C@@H]2C(C)C(=O)O[C@H]2C/C(C=O)=C\CC1. The Morgan fingerprint density at radius 1 is 1.47 bits per heavy atom. The first-order chi connectivity index (χ1) is 9.02. The number of fused-ring (bicyclic) bond motifs is 1. The Morgan fingerprint density at radius 3 is 2.89 bits per heavy atom. The van der Waals surface area contributed by atoms with Crippen LogP contribution in [0.15, 0.2) is 23.3 Å². The minimum Gasteiger partial charge on any atom is -0.461 e. The fourth-order valence-electron chi connectivity index (χ4n) is 2.89. The van der Waals surface area contributed by atoms with Gasteiger partial charge in [0.2, 0.25) is 0 Å². The van der Waals surface area contributed by atoms with E-state index in [2.05, 4.69) is 0 Å². The second-order valence-corrected chi connectivity index (χ2v) is 5.48. The van der Waals surface area contributed by atoms with Crippen molar-refractivity contribution in [3.05, 3.63) is 23.3 Å². The van der Waals surface area contributed by atoms with E-state index in [0.717, 1.165) is 24.7 Å². The summed E-state index contributed by atoms with van der Waals surface area (Å²) in [6.45, 7) is 3.73. The number of rotatable bonds is 1. The van der Waals surface area contributed by atoms with Crippen LogP contribution in [0.25, 0.3) is 0 Å². The molecule has 1 unspecified atom stereocenters. The van der Waals surface area contributed by atoms with Crippen molar-refractivity contribution in [3.63, 3.8) is 0 Å². The lowest BCUT2D eigenvalue weighted by atomic mass is 9.82. The molecular formula is C15H20O4. The van der Waals surface area contributed by atoms with E-state index in [-0.39, 0.29) is 17.8 Å². The molecule has 0 saturated carbocycles. The molecule has 2 aliphatic rings. The fraction of sp³-hybridized carbons (Fsp3) is 0.600. The van der Waals surface area contributed by atoms with Crippen LogP contribution in [0.3, 0.4) is 0 Å². The summed E-state index contributed by atoms with van der Waals surface area (Å²) >= 11 is 0. The van der Waals surface area contributed by atoms with Gasteiger partial charge in [-0.15, -0.1) is 0 Å². The van der Waals surface area contributed by atoms with Gasteiger partial charge in [0, 0.05) is 12.3 Å². The second kappa shape index (κ2) is 5.70. The summed E-state index contributed by atoms with van der Waals surface area (Å²) in [6, 6.07) is 0. The van der Waals surface area contributed by atoms with Gasteiger partial charge in [0.05, 0.1) is 12.0 Å². The van der Waals surface area contributed by atoms with Gasteiger partial charge in [0.15, 0.2) is 0 Å². The van der Waals surface area contributed by atoms with Crippen LogP contribution in [0, 0.1) is 11.8 Å². The van der Waals surface area contributed by atoms with Crippen molar-refractivity contribution >= 4 is 12.3 Å². The number of allylic oxidation sites excluding steroid dienone is 2. The quantitative estimate of drug-likeness (QED) is 0.445. The number of ether oxygens (including phenoxy) is 1. The highest BCUT2D eigenvalue weighted by atomic mass is 16.6. The smallest absolute Gasteiger partial charge is 0.309 e. The van der Waals surface area contributed by atoms with Gasteiger partial charge in [0.25, 0.3) is 0 Å². The Kier molecular flexibility index (Phi) is 4.20. The normalized spacial score (nSPS) is 41.3. The molecule has 0 aromatic heterocycles. The number of carbonyl (C=O) groups excluding carboxylic acids is 2. The van der Waals surface area contributed by atoms with Crippen LogP contribution in [0.2, 0.25) is 0 Å². The summed E-state index contributed by atoms with van der Waals surface area (Å²) in [7, 11) is 0. The molecule has 104 valence electrons. The minimum absolute atomic E-state index is 0.274. The zero-order valence-corrected chi connectivity index (χ0v) is 11.3. The summed E-state index contributed by atoms with van der Waals surface area (Å²) < 4.78 is 5.32. The molecule has 1 aliphatic carbocycles. The monoisotopic (exact) mass is 264 g/mol. The van der Waals surface area contributed by atoms with Crippen LogP contribution in [0.1, 0.15) is 33.1 Å². The summed E-state index contributed by atoms with van der Waals surface area (Å²) in [5.41, 5.74) is 1.72. The summed E-state index contributed by atoms with van der Waals surface area (Å²) in [4.78, 5) is 22.7. The lowest BCUT2D eigenvalue weighted by Crippen LogP contribution is -2.31. The molecule has 0 radical (unpaired) electrons. The lowest BCUT2D eigenvalue weighted by molar-refractivity contribution is -0.144. The first-order valence-electron chi connectivity index (χ1n) is 6.73. The van der Waals surface area contributed by atoms with Crippen molar-refractivity contribution in [3.8, 4) is 0 Å². The molecular weight excluding hydrogens is 244 g/mol. The van der Waals surface area contributed by atoms with Gasteiger partial charge in [-0.3, -0.25) is 9.59 Å². The molecule has 0 amide bonds. The van der Waals surface area contributed by atoms with Crippen LogP contribution in [0.4, 0.5) is 0 Å². The topological polar surface area (TPSA) is 63.6 Å². The number of hydrogen-bond acceptors (Lipinski definition) is 4. The Labute approximate surface area is 113 Å². The molecule has 4 nitrogen and oxygen atoms in total. The van der Waals surface area contributed by atoms with Crippen LogP contribution >= 0.6 is 0 Å². The van der Waals surface area contributed by atoms with E-state index in [1.807, 2.05) is 19.1 Å². The molecule has 4 atom stereocenters. The van der Waals surface area contributed by atoms with E-state index in [0.29, 0.717) is 12.0 Å². The first-order valence-corrected chi connectivity index (χ1v) is 6.73. The molecule has 1 heterocycles. The molecule has 19 heavy (non-hydrogen) atoms. The molecule has 0 aromatic carbocycles. The molecule has 0 spiro atoms. The van der Waals surface area contributed by atoms with E-state index in [1.165, 1.54) is 0 Å². The van der Waals surface area contributed by atoms with E-state index < -0.39 is 12.2 Å². The van der Waals surface area contributed by atoms with Crippen LogP contribution in [-0.2, 0) is 14.3 Å². The van der Waals surface area contributed by atoms with Gasteiger partial charge in [0.1, 0.15) is 12.4 Å². The fourth-order valence-corrected chi connectivity index (χ4v) is 2.89. The highest BCUT2D eigenvalue weighted by Gasteiger charge is 2.45. The molecule has 1 aliphatic heterocycles. The largest absolute Gasteiger partial charge is 0.461 e. The average molecular weight is 264 g/mol. The summed E-state index contributed by atoms with van der Waals surface area (Å²) in [5.74, 6) is -0.898. The van der Waals surface area contributed by atoms with Gasteiger partial charge in [-0.25, -0.2) is 0 Å². The number of hydrogen-bond donors (Lipinski definition) is 1. The average Bonchev–Trinajstić information content (AvgIpc) is 2.63. The van der Waals surface area contributed by atoms with Gasteiger partial charge < -0.3 is 9.84 Å². The number of aliphatic hydroxyl groups excluding tert-OH is 1. The maximum Gasteiger partial charge on any atom is 0.309 e. The van der Waals surface area contributed by atoms with Crippen molar-refractivity contribution < 1.29 is 19.4 Å². The van der Waals surface area contributed by atoms with Gasteiger partial charge in [-0.1, -0.05) is 24.6 Å². The zero-order valence-electron chi connectivity index (χ0n) is 11.3. The van der Waals surface area contributed by atoms with E-state index in [1.54, 1.807) is 6.92 Å². The van der Waals surface area contributed by atoms with Gasteiger partial charge in [-0.05, 0) is 25.3 Å². The molecule has 4 heteroatoms. The highest BCUT2D eigenvalue weighted by molar-refractivity contribution is 5.76. The van der Waals surface area contributed by atoms with Gasteiger partial charge >= 0.3 is 5.97 Å². The van der Waals surface area contributed by atoms with Crippen molar-refractivity contribution in [2.24, 2.45) is 11.8 Å². The number of aliphatic hydroxyl groups is 1. The molecule has 1 fully saturated rings. The van der Waals surface area contributed by atoms with Crippen molar-refractivity contribution in [1.29, 1.82) is 0 Å². The molecule has 1 saturated heterocycles. The zero-order chi connectivity index (χ0) is 14.0. The summed E-state index contributed by atoms with van der Waals surface area (Å²) in [5, 5.41) is 10.3. The molecule has 0 aromatic rings. The third kappa shape index (κ3) is 2.95. The standard InChI is InChI=1S/C15H20O4/c1-9-4-3-5-11(8-16)7-13-14(12(17)6-9)10(2)15(18)19-13/h5-6,8,10,12-14,17H,3-4,7H2,1-2H3/b9-6-,11-5+/t10?,12-,13+,14+/m1/s1. The van der Waals surface area contributed by atoms with Crippen molar-refractivity contribution in [1.82, 2.24) is 0 Å². The van der Waals surface area contributed by atoms with Crippen LogP contribution in [0.5, 0.6) is 0 Å². The predicted molar refractivity (Wildman–Crippen MR) is 70.3 cm³/mol. The minimum atomic E-state index is -0.697. The van der Waals surface area contributed by atoms with Crippen LogP contribution < -0.4 is 0 Å². The third-order valence-corrected chi connectivity index (χ3v) is 4.03. The molecule has 0 bridgehead atoms. The lowest BCUT2D eigenvalue weighted by Gasteiger charge is -2.24. The maximum absolute atomic E-state index is 11.7. The third-order valence-electron chi connectivity index (χ3n) is 4.03. The molecule has 1 N–H and O–H groups in total. The highest BCUT2D eigenvalue weighted by Crippen LogP contribution is 2.35. The number of esters is 1. The number of aldehydes is 1. The second-order valence-electron chi connectivity index (χ2n) is 5.48. The Hall–Kier alpha value is -1.42. The van der Waals surface area contributed by atoms with E-state index in [4.69, 9.17) is 4.74 Å². The molecule has 2 rings (SSSR count). The van der Waals surface area contributed by atoms with Crippen LogP contribution in [-0.4, -0.2) is 29.6 Å². The number of carbonyl (C=O) groups is 2. The van der Waals surface area contributed by atoms with E-state index in [9.17, 15) is 14.7 Å². The Bertz CT molecular complexity index is 435. The first kappa shape index (κ1) is 14.0. The van der Waals surface area contributed by atoms with Gasteiger partial charge in [-0.2, -0.15) is 0 Å². The summed E-state index contributed by atoms with van der Waals surface area (Å²) in [6.07, 6.45) is 5.41. The predicted octanol–water partition coefficient (Wildman–Crippen LogP) is 1.78. The Balaban J connectivity index is 2.32. The maximum atomic E-state index is 11.7. The van der Waals surface area contributed by atoms with E-state index >= 15 is 0 Å². The van der Waals surface area contributed by atoms with Crippen molar-refractivity contribution in [2.45, 2.75) is 45.3 Å². The Morgan fingerprint density at radius 2 is 2.21 bits per heavy atom. The van der Waals surface area contributed by atoms with Crippen molar-refractivity contribution in [2.75, 3.05) is 0 Å².